The minimum absolute atomic E-state index is 0.233. The van der Waals surface area contributed by atoms with E-state index in [1.807, 2.05) is 27.8 Å². The van der Waals surface area contributed by atoms with E-state index in [-0.39, 0.29) is 12.1 Å². The number of hydrogen-bond acceptors (Lipinski definition) is 3. The number of nitrogens with one attached hydrogen (secondary N) is 1. The fourth-order valence-corrected chi connectivity index (χ4v) is 1.78. The van der Waals surface area contributed by atoms with E-state index in [2.05, 4.69) is 12.2 Å². The van der Waals surface area contributed by atoms with E-state index in [0.29, 0.717) is 5.92 Å². The van der Waals surface area contributed by atoms with Gasteiger partial charge in [0.15, 0.2) is 0 Å². The van der Waals surface area contributed by atoms with Gasteiger partial charge in [0.25, 0.3) is 0 Å². The predicted molar refractivity (Wildman–Crippen MR) is 59.8 cm³/mol. The summed E-state index contributed by atoms with van der Waals surface area (Å²) >= 11 is 0. The van der Waals surface area contributed by atoms with Crippen LogP contribution in [0.3, 0.4) is 0 Å². The predicted octanol–water partition coefficient (Wildman–Crippen LogP) is 1.46. The van der Waals surface area contributed by atoms with Gasteiger partial charge in [0.05, 0.1) is 6.04 Å². The molecular formula is C11H22N2O2. The molecule has 0 spiro atoms. The van der Waals surface area contributed by atoms with Gasteiger partial charge in [-0.25, -0.2) is 4.79 Å². The highest BCUT2D eigenvalue weighted by Gasteiger charge is 2.31. The van der Waals surface area contributed by atoms with Gasteiger partial charge in [-0.05, 0) is 33.2 Å². The van der Waals surface area contributed by atoms with Crippen molar-refractivity contribution in [3.8, 4) is 0 Å². The zero-order chi connectivity index (χ0) is 11.6. The third kappa shape index (κ3) is 3.38. The lowest BCUT2D eigenvalue weighted by Gasteiger charge is -2.30. The number of amides is 1. The average Bonchev–Trinajstić information content (AvgIpc) is 2.47. The Bertz CT molecular complexity index is 235. The summed E-state index contributed by atoms with van der Waals surface area (Å²) in [6.45, 7) is 9.62. The first-order valence-electron chi connectivity index (χ1n) is 5.48. The highest BCUT2D eigenvalue weighted by atomic mass is 16.6. The number of ether oxygens (including phenoxy) is 1. The van der Waals surface area contributed by atoms with Crippen molar-refractivity contribution >= 4 is 6.09 Å². The molecule has 15 heavy (non-hydrogen) atoms. The Labute approximate surface area is 92.0 Å². The normalized spacial score (nSPS) is 26.5. The maximum Gasteiger partial charge on any atom is 0.410 e. The van der Waals surface area contributed by atoms with E-state index in [1.54, 1.807) is 4.90 Å². The quantitative estimate of drug-likeness (QED) is 0.718. The molecule has 0 aliphatic carbocycles. The van der Waals surface area contributed by atoms with Gasteiger partial charge in [0.2, 0.25) is 0 Å². The first-order valence-corrected chi connectivity index (χ1v) is 5.48. The summed E-state index contributed by atoms with van der Waals surface area (Å²) in [5.74, 6) is 0.488. The van der Waals surface area contributed by atoms with Crippen LogP contribution in [0.4, 0.5) is 4.79 Å². The van der Waals surface area contributed by atoms with Gasteiger partial charge in [-0.3, -0.25) is 0 Å². The molecule has 4 nitrogen and oxygen atoms in total. The van der Waals surface area contributed by atoms with Gasteiger partial charge < -0.3 is 15.0 Å². The second kappa shape index (κ2) is 4.39. The van der Waals surface area contributed by atoms with Gasteiger partial charge in [-0.15, -0.1) is 0 Å². The van der Waals surface area contributed by atoms with Crippen LogP contribution < -0.4 is 5.32 Å². The van der Waals surface area contributed by atoms with Crippen LogP contribution in [0.25, 0.3) is 0 Å². The summed E-state index contributed by atoms with van der Waals surface area (Å²) in [6.07, 6.45) is -0.233. The minimum Gasteiger partial charge on any atom is -0.444 e. The maximum atomic E-state index is 11.8. The van der Waals surface area contributed by atoms with Crippen molar-refractivity contribution in [1.82, 2.24) is 10.2 Å². The Morgan fingerprint density at radius 1 is 1.40 bits per heavy atom. The summed E-state index contributed by atoms with van der Waals surface area (Å²) in [4.78, 5) is 13.5. The Hall–Kier alpha value is -0.770. The maximum absolute atomic E-state index is 11.8. The van der Waals surface area contributed by atoms with Crippen LogP contribution in [0.5, 0.6) is 0 Å². The molecule has 0 aromatic rings. The number of nitrogens with zero attached hydrogens (tertiary/aromatic N) is 1. The smallest absolute Gasteiger partial charge is 0.410 e. The van der Waals surface area contributed by atoms with Crippen LogP contribution in [-0.2, 0) is 4.74 Å². The van der Waals surface area contributed by atoms with Crippen LogP contribution >= 0.6 is 0 Å². The Balaban J connectivity index is 2.52. The summed E-state index contributed by atoms with van der Waals surface area (Å²) < 4.78 is 5.32. The van der Waals surface area contributed by atoms with Gasteiger partial charge in [-0.2, -0.15) is 0 Å². The third-order valence-corrected chi connectivity index (χ3v) is 2.66. The molecule has 0 bridgehead atoms. The average molecular weight is 214 g/mol. The van der Waals surface area contributed by atoms with Crippen LogP contribution in [0.2, 0.25) is 0 Å². The van der Waals surface area contributed by atoms with Gasteiger partial charge in [-0.1, -0.05) is 6.92 Å². The summed E-state index contributed by atoms with van der Waals surface area (Å²) in [5, 5.41) is 3.27. The van der Waals surface area contributed by atoms with Crippen molar-refractivity contribution in [3.05, 3.63) is 0 Å². The molecule has 0 saturated carbocycles. The van der Waals surface area contributed by atoms with Crippen molar-refractivity contribution in [1.29, 1.82) is 0 Å². The first kappa shape index (κ1) is 12.3. The summed E-state index contributed by atoms with van der Waals surface area (Å²) in [7, 11) is 1.81. The molecule has 1 aliphatic heterocycles. The molecular weight excluding hydrogens is 192 g/mol. The zero-order valence-corrected chi connectivity index (χ0v) is 10.3. The monoisotopic (exact) mass is 214 g/mol. The van der Waals surface area contributed by atoms with Crippen LogP contribution in [-0.4, -0.2) is 42.8 Å². The number of likely N-dealkylation sites (N-methyl/N-ethyl adjacent to an activating group) is 1. The van der Waals surface area contributed by atoms with E-state index in [4.69, 9.17) is 4.74 Å². The molecule has 1 N–H and O–H groups in total. The highest BCUT2D eigenvalue weighted by Crippen LogP contribution is 2.17. The van der Waals surface area contributed by atoms with E-state index in [9.17, 15) is 4.79 Å². The molecule has 1 saturated heterocycles. The molecule has 0 radical (unpaired) electrons. The highest BCUT2D eigenvalue weighted by molar-refractivity contribution is 5.68. The SMILES string of the molecule is C[C@H]1CNC[C@@H]1N(C)C(=O)OC(C)(C)C. The van der Waals surface area contributed by atoms with E-state index in [1.165, 1.54) is 0 Å². The number of carbonyl (C=O) groups is 1. The van der Waals surface area contributed by atoms with Crippen molar-refractivity contribution in [2.24, 2.45) is 5.92 Å². The van der Waals surface area contributed by atoms with Crippen molar-refractivity contribution < 1.29 is 9.53 Å². The summed E-state index contributed by atoms with van der Waals surface area (Å²) in [6, 6.07) is 0.250. The Morgan fingerprint density at radius 2 is 2.00 bits per heavy atom. The van der Waals surface area contributed by atoms with Crippen molar-refractivity contribution in [3.63, 3.8) is 0 Å². The standard InChI is InChI=1S/C11H22N2O2/c1-8-6-12-7-9(8)13(5)10(14)15-11(2,3)4/h8-9,12H,6-7H2,1-5H3/t8-,9-/m0/s1. The topological polar surface area (TPSA) is 41.6 Å². The molecule has 88 valence electrons. The van der Waals surface area contributed by atoms with Crippen LogP contribution in [0.1, 0.15) is 27.7 Å². The summed E-state index contributed by atoms with van der Waals surface area (Å²) in [5.41, 5.74) is -0.416. The molecule has 0 aromatic heterocycles. The van der Waals surface area contributed by atoms with Crippen LogP contribution in [0.15, 0.2) is 0 Å². The number of hydrogen-bond donors (Lipinski definition) is 1. The van der Waals surface area contributed by atoms with Crippen molar-refractivity contribution in [2.75, 3.05) is 20.1 Å². The first-order chi connectivity index (χ1) is 6.81. The lowest BCUT2D eigenvalue weighted by Crippen LogP contribution is -2.44. The molecule has 1 aliphatic rings. The number of carbonyl (C=O) groups excluding carboxylic acids is 1. The van der Waals surface area contributed by atoms with Gasteiger partial charge in [0.1, 0.15) is 5.60 Å². The second-order valence-corrected chi connectivity index (χ2v) is 5.29. The fourth-order valence-electron chi connectivity index (χ4n) is 1.78. The molecule has 0 aromatic carbocycles. The molecule has 1 amide bonds. The molecule has 1 fully saturated rings. The lowest BCUT2D eigenvalue weighted by molar-refractivity contribution is 0.0207. The molecule has 1 heterocycles. The van der Waals surface area contributed by atoms with E-state index in [0.717, 1.165) is 13.1 Å². The van der Waals surface area contributed by atoms with Crippen LogP contribution in [0, 0.1) is 5.92 Å². The second-order valence-electron chi connectivity index (χ2n) is 5.29. The van der Waals surface area contributed by atoms with E-state index < -0.39 is 5.60 Å². The molecule has 4 heteroatoms. The largest absolute Gasteiger partial charge is 0.444 e. The Kier molecular flexibility index (Phi) is 3.60. The van der Waals surface area contributed by atoms with Gasteiger partial charge >= 0.3 is 6.09 Å². The van der Waals surface area contributed by atoms with Crippen molar-refractivity contribution in [2.45, 2.75) is 39.3 Å². The van der Waals surface area contributed by atoms with E-state index >= 15 is 0 Å². The molecule has 0 unspecified atom stereocenters. The molecule has 1 rings (SSSR count). The fraction of sp³-hybridized carbons (Fsp3) is 0.909. The minimum atomic E-state index is -0.416. The van der Waals surface area contributed by atoms with Gasteiger partial charge in [0, 0.05) is 13.6 Å². The third-order valence-electron chi connectivity index (χ3n) is 2.66. The zero-order valence-electron chi connectivity index (χ0n) is 10.3. The number of rotatable bonds is 1. The molecule has 2 atom stereocenters. The Morgan fingerprint density at radius 3 is 2.40 bits per heavy atom. The lowest BCUT2D eigenvalue weighted by atomic mass is 10.1.